The number of nitrogens with two attached hydrogens (primary N) is 2. The van der Waals surface area contributed by atoms with Gasteiger partial charge in [-0.2, -0.15) is 0 Å². The Hall–Kier alpha value is -2.99. The standard InChI is InChI=1S/C22H24BrFN8O2/c23-14-13(7-32-10-29-16-19(25)27-9-28-20(16)32)17(18-12(15(14)24)3-6-34-18)31-5-4-22(26,8-31)21(33)30-11-1-2-11/h9-11H,1-8,26H2,(H,30,33)(H2,25,27,28). The van der Waals surface area contributed by atoms with Crippen molar-refractivity contribution in [2.24, 2.45) is 5.73 Å². The van der Waals surface area contributed by atoms with Crippen LogP contribution in [0.1, 0.15) is 30.4 Å². The quantitative estimate of drug-likeness (QED) is 0.451. The number of nitrogens with zero attached hydrogens (tertiary/aromatic N) is 5. The third kappa shape index (κ3) is 3.38. The van der Waals surface area contributed by atoms with E-state index in [-0.39, 0.29) is 30.1 Å². The van der Waals surface area contributed by atoms with Gasteiger partial charge < -0.3 is 31.0 Å². The van der Waals surface area contributed by atoms with Gasteiger partial charge in [0.05, 0.1) is 29.6 Å². The van der Waals surface area contributed by atoms with Gasteiger partial charge >= 0.3 is 0 Å². The Kier molecular flexibility index (Phi) is 4.92. The maximum absolute atomic E-state index is 15.4. The normalized spacial score (nSPS) is 21.7. The average molecular weight is 531 g/mol. The van der Waals surface area contributed by atoms with Crippen LogP contribution in [0.4, 0.5) is 15.9 Å². The van der Waals surface area contributed by atoms with E-state index in [4.69, 9.17) is 16.2 Å². The monoisotopic (exact) mass is 530 g/mol. The molecule has 2 fully saturated rings. The third-order valence-electron chi connectivity index (χ3n) is 6.84. The molecule has 1 aromatic carbocycles. The number of aromatic nitrogens is 4. The highest BCUT2D eigenvalue weighted by Crippen LogP contribution is 2.47. The molecule has 6 rings (SSSR count). The summed E-state index contributed by atoms with van der Waals surface area (Å²) in [7, 11) is 0. The zero-order valence-corrected chi connectivity index (χ0v) is 19.9. The molecule has 0 radical (unpaired) electrons. The summed E-state index contributed by atoms with van der Waals surface area (Å²) < 4.78 is 23.4. The van der Waals surface area contributed by atoms with Crippen molar-refractivity contribution in [3.8, 4) is 5.75 Å². The van der Waals surface area contributed by atoms with E-state index in [1.807, 2.05) is 4.90 Å². The van der Waals surface area contributed by atoms with Crippen LogP contribution in [0, 0.1) is 5.82 Å². The zero-order valence-electron chi connectivity index (χ0n) is 18.4. The molecule has 3 aromatic rings. The van der Waals surface area contributed by atoms with Gasteiger partial charge in [0.15, 0.2) is 11.5 Å². The van der Waals surface area contributed by atoms with E-state index < -0.39 is 5.54 Å². The second kappa shape index (κ2) is 7.77. The molecule has 1 unspecified atom stereocenters. The number of benzene rings is 1. The molecular weight excluding hydrogens is 507 g/mol. The van der Waals surface area contributed by atoms with E-state index in [1.54, 1.807) is 10.9 Å². The summed E-state index contributed by atoms with van der Waals surface area (Å²) in [6, 6.07) is 0.231. The molecule has 12 heteroatoms. The first kappa shape index (κ1) is 21.5. The second-order valence-electron chi connectivity index (χ2n) is 9.24. The fourth-order valence-electron chi connectivity index (χ4n) is 4.81. The highest BCUT2D eigenvalue weighted by atomic mass is 79.9. The summed E-state index contributed by atoms with van der Waals surface area (Å²) in [5.74, 6) is 0.321. The summed E-state index contributed by atoms with van der Waals surface area (Å²) in [5, 5.41) is 3.03. The summed E-state index contributed by atoms with van der Waals surface area (Å²) >= 11 is 3.50. The molecule has 10 nitrogen and oxygen atoms in total. The second-order valence-corrected chi connectivity index (χ2v) is 10.0. The van der Waals surface area contributed by atoms with E-state index in [0.29, 0.717) is 65.1 Å². The lowest BCUT2D eigenvalue weighted by Gasteiger charge is -2.28. The van der Waals surface area contributed by atoms with Crippen LogP contribution in [0.3, 0.4) is 0 Å². The van der Waals surface area contributed by atoms with Gasteiger partial charge in [-0.25, -0.2) is 19.3 Å². The van der Waals surface area contributed by atoms with Gasteiger partial charge in [0.25, 0.3) is 0 Å². The van der Waals surface area contributed by atoms with E-state index in [1.165, 1.54) is 6.33 Å². The van der Waals surface area contributed by atoms with Crippen LogP contribution in [0.2, 0.25) is 0 Å². The Labute approximate surface area is 203 Å². The molecule has 0 bridgehead atoms. The molecule has 1 saturated heterocycles. The average Bonchev–Trinajstić information content (AvgIpc) is 3.19. The SMILES string of the molecule is Nc1ncnc2c1ncn2Cc1c(Br)c(F)c2c(c1N1CCC(N)(C(=O)NC3CC3)C1)OCC2. The molecule has 4 heterocycles. The van der Waals surface area contributed by atoms with Gasteiger partial charge in [-0.05, 0) is 35.2 Å². The molecule has 1 atom stereocenters. The summed E-state index contributed by atoms with van der Waals surface area (Å²) in [4.78, 5) is 27.5. The van der Waals surface area contributed by atoms with Crippen LogP contribution in [-0.2, 0) is 17.8 Å². The fraction of sp³-hybridized carbons (Fsp3) is 0.455. The number of fused-ring (bicyclic) bond motifs is 2. The predicted molar refractivity (Wildman–Crippen MR) is 127 cm³/mol. The number of carbonyl (C=O) groups excluding carboxylic acids is 1. The molecule has 1 saturated carbocycles. The van der Waals surface area contributed by atoms with Crippen molar-refractivity contribution in [3.63, 3.8) is 0 Å². The number of hydrogen-bond acceptors (Lipinski definition) is 8. The number of halogens is 2. The maximum atomic E-state index is 15.4. The maximum Gasteiger partial charge on any atom is 0.242 e. The first-order valence-corrected chi connectivity index (χ1v) is 12.1. The molecule has 3 aliphatic rings. The Balaban J connectivity index is 1.42. The predicted octanol–water partition coefficient (Wildman–Crippen LogP) is 1.48. The molecule has 178 valence electrons. The van der Waals surface area contributed by atoms with Crippen molar-refractivity contribution in [1.82, 2.24) is 24.8 Å². The van der Waals surface area contributed by atoms with Crippen molar-refractivity contribution in [1.29, 1.82) is 0 Å². The largest absolute Gasteiger partial charge is 0.491 e. The van der Waals surface area contributed by atoms with Crippen LogP contribution in [0.15, 0.2) is 17.1 Å². The number of nitrogen functional groups attached to an aromatic ring is 1. The molecule has 5 N–H and O–H groups in total. The summed E-state index contributed by atoms with van der Waals surface area (Å²) in [5.41, 5.74) is 14.5. The van der Waals surface area contributed by atoms with Crippen LogP contribution >= 0.6 is 15.9 Å². The van der Waals surface area contributed by atoms with E-state index in [9.17, 15) is 4.79 Å². The van der Waals surface area contributed by atoms with Crippen LogP contribution in [0.5, 0.6) is 5.75 Å². The van der Waals surface area contributed by atoms with Gasteiger partial charge in [0.1, 0.15) is 28.9 Å². The number of ether oxygens (including phenoxy) is 1. The van der Waals surface area contributed by atoms with Crippen LogP contribution in [0.25, 0.3) is 11.2 Å². The number of rotatable bonds is 5. The van der Waals surface area contributed by atoms with Crippen molar-refractivity contribution >= 4 is 44.5 Å². The fourth-order valence-corrected chi connectivity index (χ4v) is 5.36. The van der Waals surface area contributed by atoms with E-state index in [2.05, 4.69) is 36.2 Å². The molecule has 0 spiro atoms. The minimum atomic E-state index is -1.02. The number of anilines is 2. The molecule has 2 aromatic heterocycles. The van der Waals surface area contributed by atoms with E-state index in [0.717, 1.165) is 18.5 Å². The topological polar surface area (TPSA) is 137 Å². The number of hydrogen-bond donors (Lipinski definition) is 3. The molecule has 2 aliphatic heterocycles. The summed E-state index contributed by atoms with van der Waals surface area (Å²) in [6.45, 7) is 1.52. The highest BCUT2D eigenvalue weighted by molar-refractivity contribution is 9.10. The Morgan fingerprint density at radius 2 is 2.18 bits per heavy atom. The Morgan fingerprint density at radius 3 is 2.97 bits per heavy atom. The minimum absolute atomic E-state index is 0.134. The van der Waals surface area contributed by atoms with Crippen LogP contribution in [-0.4, -0.2) is 56.7 Å². The lowest BCUT2D eigenvalue weighted by atomic mass is 9.99. The molecule has 34 heavy (non-hydrogen) atoms. The third-order valence-corrected chi connectivity index (χ3v) is 7.66. The van der Waals surface area contributed by atoms with Gasteiger partial charge in [0, 0.05) is 36.7 Å². The van der Waals surface area contributed by atoms with Crippen LogP contribution < -0.4 is 26.4 Å². The highest BCUT2D eigenvalue weighted by Gasteiger charge is 2.45. The summed E-state index contributed by atoms with van der Waals surface area (Å²) in [6.07, 6.45) is 5.95. The van der Waals surface area contributed by atoms with E-state index >= 15 is 4.39 Å². The molecular formula is C22H24BrFN8O2. The van der Waals surface area contributed by atoms with Gasteiger partial charge in [-0.1, -0.05) is 0 Å². The first-order chi connectivity index (χ1) is 16.4. The van der Waals surface area contributed by atoms with Gasteiger partial charge in [0.2, 0.25) is 5.91 Å². The molecule has 1 amide bonds. The number of amides is 1. The lowest BCUT2D eigenvalue weighted by Crippen LogP contribution is -2.56. The minimum Gasteiger partial charge on any atom is -0.491 e. The van der Waals surface area contributed by atoms with Crippen molar-refractivity contribution in [3.05, 3.63) is 34.1 Å². The first-order valence-electron chi connectivity index (χ1n) is 11.3. The smallest absolute Gasteiger partial charge is 0.242 e. The van der Waals surface area contributed by atoms with Gasteiger partial charge in [-0.15, -0.1) is 0 Å². The lowest BCUT2D eigenvalue weighted by molar-refractivity contribution is -0.125. The molecule has 1 aliphatic carbocycles. The Bertz CT molecular complexity index is 1330. The van der Waals surface area contributed by atoms with Crippen molar-refractivity contribution in [2.45, 2.75) is 43.8 Å². The van der Waals surface area contributed by atoms with Crippen molar-refractivity contribution < 1.29 is 13.9 Å². The Morgan fingerprint density at radius 1 is 1.35 bits per heavy atom. The zero-order chi connectivity index (χ0) is 23.6. The van der Waals surface area contributed by atoms with Crippen molar-refractivity contribution in [2.75, 3.05) is 30.3 Å². The number of carbonyl (C=O) groups is 1. The number of nitrogens with one attached hydrogen (secondary N) is 1. The number of imidazole rings is 1. The van der Waals surface area contributed by atoms with Gasteiger partial charge in [-0.3, -0.25) is 4.79 Å².